The van der Waals surface area contributed by atoms with Crippen molar-refractivity contribution in [1.82, 2.24) is 10.6 Å². The van der Waals surface area contributed by atoms with Crippen LogP contribution in [0.5, 0.6) is 5.75 Å². The first-order chi connectivity index (χ1) is 12.5. The predicted molar refractivity (Wildman–Crippen MR) is 114 cm³/mol. The maximum absolute atomic E-state index is 12.8. The molecule has 4 N–H and O–H groups in total. The van der Waals surface area contributed by atoms with E-state index in [9.17, 15) is 21.6 Å². The van der Waals surface area contributed by atoms with Gasteiger partial charge < -0.3 is 15.4 Å². The van der Waals surface area contributed by atoms with Crippen molar-refractivity contribution < 1.29 is 26.3 Å². The summed E-state index contributed by atoms with van der Waals surface area (Å²) in [4.78, 5) is 4.28. The maximum Gasteiger partial charge on any atom is 0.416 e. The van der Waals surface area contributed by atoms with E-state index in [0.29, 0.717) is 18.9 Å². The van der Waals surface area contributed by atoms with E-state index in [4.69, 9.17) is 9.88 Å². The molecule has 0 fully saturated rings. The van der Waals surface area contributed by atoms with Gasteiger partial charge in [-0.1, -0.05) is 13.0 Å². The summed E-state index contributed by atoms with van der Waals surface area (Å²) < 4.78 is 65.9. The van der Waals surface area contributed by atoms with Crippen LogP contribution in [0.1, 0.15) is 25.8 Å². The van der Waals surface area contributed by atoms with Crippen LogP contribution in [-0.4, -0.2) is 45.9 Å². The lowest BCUT2D eigenvalue weighted by Gasteiger charge is -2.18. The number of halogens is 4. The number of sulfonamides is 1. The quantitative estimate of drug-likeness (QED) is 0.254. The highest BCUT2D eigenvalue weighted by atomic mass is 127. The van der Waals surface area contributed by atoms with Crippen molar-refractivity contribution >= 4 is 40.0 Å². The van der Waals surface area contributed by atoms with Gasteiger partial charge in [-0.2, -0.15) is 13.2 Å². The number of primary sulfonamides is 1. The molecule has 0 heterocycles. The van der Waals surface area contributed by atoms with Crippen molar-refractivity contribution in [2.24, 2.45) is 10.1 Å². The van der Waals surface area contributed by atoms with Crippen LogP contribution in [0.2, 0.25) is 0 Å². The number of hydrogen-bond donors (Lipinski definition) is 3. The van der Waals surface area contributed by atoms with Crippen LogP contribution in [0.3, 0.4) is 0 Å². The summed E-state index contributed by atoms with van der Waals surface area (Å²) in [6.07, 6.45) is -4.36. The summed E-state index contributed by atoms with van der Waals surface area (Å²) in [5.74, 6) is 0.223. The molecule has 0 aliphatic heterocycles. The van der Waals surface area contributed by atoms with Crippen LogP contribution in [0.25, 0.3) is 0 Å². The van der Waals surface area contributed by atoms with Crippen molar-refractivity contribution in [3.05, 3.63) is 29.8 Å². The molecular weight excluding hydrogens is 512 g/mol. The Morgan fingerprint density at radius 3 is 2.50 bits per heavy atom. The van der Waals surface area contributed by atoms with E-state index in [-0.39, 0.29) is 48.6 Å². The summed E-state index contributed by atoms with van der Waals surface area (Å²) in [7, 11) is -3.59. The Bertz CT molecular complexity index is 730. The van der Waals surface area contributed by atoms with Crippen LogP contribution in [0.15, 0.2) is 29.3 Å². The fraction of sp³-hybridized carbons (Fsp3) is 0.562. The minimum atomic E-state index is -4.44. The van der Waals surface area contributed by atoms with Crippen LogP contribution < -0.4 is 20.5 Å². The third-order valence-electron chi connectivity index (χ3n) is 3.40. The number of nitrogens with one attached hydrogen (secondary N) is 2. The standard InChI is InChI=1S/C16H25F3N4O3S.HI/c1-3-13(26-14-7-5-6-12(10-14)16(17,18)19)11-23-15(21-4-2)22-8-9-27(20,24)25;/h5-7,10,13H,3-4,8-9,11H2,1-2H3,(H2,20,24,25)(H2,21,22,23);1H. The molecule has 0 bridgehead atoms. The number of nitrogens with zero attached hydrogens (tertiary/aromatic N) is 1. The molecule has 1 aromatic carbocycles. The van der Waals surface area contributed by atoms with Gasteiger partial charge in [-0.15, -0.1) is 24.0 Å². The van der Waals surface area contributed by atoms with E-state index in [1.807, 2.05) is 13.8 Å². The minimum absolute atomic E-state index is 0. The molecule has 0 saturated carbocycles. The van der Waals surface area contributed by atoms with Gasteiger partial charge in [-0.25, -0.2) is 18.5 Å². The Morgan fingerprint density at radius 2 is 1.96 bits per heavy atom. The normalized spacial score (nSPS) is 13.4. The lowest BCUT2D eigenvalue weighted by atomic mass is 10.2. The molecule has 12 heteroatoms. The number of benzene rings is 1. The van der Waals surface area contributed by atoms with Gasteiger partial charge in [0, 0.05) is 13.1 Å². The molecule has 1 unspecified atom stereocenters. The number of aliphatic imine (C=N–C) groups is 1. The smallest absolute Gasteiger partial charge is 0.416 e. The molecule has 0 aromatic heterocycles. The maximum atomic E-state index is 12.8. The van der Waals surface area contributed by atoms with Crippen LogP contribution >= 0.6 is 24.0 Å². The van der Waals surface area contributed by atoms with E-state index in [1.165, 1.54) is 12.1 Å². The lowest BCUT2D eigenvalue weighted by molar-refractivity contribution is -0.137. The monoisotopic (exact) mass is 538 g/mol. The zero-order valence-corrected chi connectivity index (χ0v) is 18.8. The highest BCUT2D eigenvalue weighted by Crippen LogP contribution is 2.31. The first kappa shape index (κ1) is 26.7. The molecule has 0 spiro atoms. The summed E-state index contributed by atoms with van der Waals surface area (Å²) in [5.41, 5.74) is -0.781. The number of guanidine groups is 1. The van der Waals surface area contributed by atoms with Gasteiger partial charge in [0.25, 0.3) is 0 Å². The third-order valence-corrected chi connectivity index (χ3v) is 4.17. The van der Waals surface area contributed by atoms with Gasteiger partial charge in [0.2, 0.25) is 10.0 Å². The predicted octanol–water partition coefficient (Wildman–Crippen LogP) is 2.32. The SMILES string of the molecule is CCNC(=NCC(CC)Oc1cccc(C(F)(F)F)c1)NCCS(N)(=O)=O.I. The minimum Gasteiger partial charge on any atom is -0.488 e. The fourth-order valence-corrected chi connectivity index (χ4v) is 2.42. The molecule has 162 valence electrons. The molecule has 28 heavy (non-hydrogen) atoms. The highest BCUT2D eigenvalue weighted by molar-refractivity contribution is 14.0. The van der Waals surface area contributed by atoms with Gasteiger partial charge in [-0.05, 0) is 31.5 Å². The summed E-state index contributed by atoms with van der Waals surface area (Å²) >= 11 is 0. The van der Waals surface area contributed by atoms with E-state index < -0.39 is 27.9 Å². The molecule has 0 aliphatic carbocycles. The highest BCUT2D eigenvalue weighted by Gasteiger charge is 2.30. The van der Waals surface area contributed by atoms with Crippen molar-refractivity contribution in [3.8, 4) is 5.75 Å². The van der Waals surface area contributed by atoms with Crippen LogP contribution in [0, 0.1) is 0 Å². The van der Waals surface area contributed by atoms with Crippen LogP contribution in [0.4, 0.5) is 13.2 Å². The molecule has 0 radical (unpaired) electrons. The third kappa shape index (κ3) is 10.9. The Kier molecular flexibility index (Phi) is 11.8. The molecule has 1 rings (SSSR count). The summed E-state index contributed by atoms with van der Waals surface area (Å²) in [6.45, 7) is 4.47. The number of alkyl halides is 3. The molecule has 7 nitrogen and oxygen atoms in total. The van der Waals surface area contributed by atoms with Crippen molar-refractivity contribution in [2.45, 2.75) is 32.5 Å². The Labute approximate surface area is 180 Å². The van der Waals surface area contributed by atoms with Crippen molar-refractivity contribution in [3.63, 3.8) is 0 Å². The van der Waals surface area contributed by atoms with E-state index in [2.05, 4.69) is 15.6 Å². The lowest BCUT2D eigenvalue weighted by Crippen LogP contribution is -2.41. The van der Waals surface area contributed by atoms with Gasteiger partial charge in [0.15, 0.2) is 5.96 Å². The van der Waals surface area contributed by atoms with Gasteiger partial charge in [0.05, 0.1) is 17.9 Å². The van der Waals surface area contributed by atoms with E-state index in [1.54, 1.807) is 0 Å². The van der Waals surface area contributed by atoms with Crippen molar-refractivity contribution in [2.75, 3.05) is 25.4 Å². The average Bonchev–Trinajstić information content (AvgIpc) is 2.56. The number of hydrogen-bond acceptors (Lipinski definition) is 4. The molecular formula is C16H26F3IN4O3S. The van der Waals surface area contributed by atoms with Gasteiger partial charge in [-0.3, -0.25) is 0 Å². The number of nitrogens with two attached hydrogens (primary N) is 1. The molecule has 1 atom stereocenters. The second-order valence-electron chi connectivity index (χ2n) is 5.69. The zero-order valence-electron chi connectivity index (χ0n) is 15.6. The van der Waals surface area contributed by atoms with Crippen molar-refractivity contribution in [1.29, 1.82) is 0 Å². The molecule has 0 amide bonds. The summed E-state index contributed by atoms with van der Waals surface area (Å²) in [6, 6.07) is 4.66. The zero-order chi connectivity index (χ0) is 20.5. The second-order valence-corrected chi connectivity index (χ2v) is 7.42. The van der Waals surface area contributed by atoms with Gasteiger partial charge >= 0.3 is 6.18 Å². The van der Waals surface area contributed by atoms with Crippen LogP contribution in [-0.2, 0) is 16.2 Å². The summed E-state index contributed by atoms with van der Waals surface area (Å²) in [5, 5.41) is 10.7. The number of rotatable bonds is 9. The average molecular weight is 538 g/mol. The Hall–Kier alpha value is -1.28. The van der Waals surface area contributed by atoms with E-state index >= 15 is 0 Å². The largest absolute Gasteiger partial charge is 0.488 e. The first-order valence-electron chi connectivity index (χ1n) is 8.41. The Balaban J connectivity index is 0.00000729. The molecule has 0 aliphatic rings. The molecule has 0 saturated heterocycles. The molecule has 1 aromatic rings. The topological polar surface area (TPSA) is 106 Å². The van der Waals surface area contributed by atoms with Gasteiger partial charge in [0.1, 0.15) is 11.9 Å². The fourth-order valence-electron chi connectivity index (χ4n) is 2.03. The second kappa shape index (κ2) is 12.3. The van der Waals surface area contributed by atoms with E-state index in [0.717, 1.165) is 12.1 Å². The Morgan fingerprint density at radius 1 is 1.29 bits per heavy atom. The first-order valence-corrected chi connectivity index (χ1v) is 10.1. The number of ether oxygens (including phenoxy) is 1.